The minimum absolute atomic E-state index is 0.0157. The lowest BCUT2D eigenvalue weighted by atomic mass is 10.00. The van der Waals surface area contributed by atoms with Gasteiger partial charge in [0, 0.05) is 19.3 Å². The fourth-order valence-electron chi connectivity index (χ4n) is 5.27. The summed E-state index contributed by atoms with van der Waals surface area (Å²) in [6, 6.07) is 18.8. The second kappa shape index (κ2) is 9.73. The molecule has 37 heavy (non-hydrogen) atoms. The van der Waals surface area contributed by atoms with E-state index in [0.29, 0.717) is 30.2 Å². The smallest absolute Gasteiger partial charge is 0.341 e. The second-order valence-corrected chi connectivity index (χ2v) is 9.72. The number of benzene rings is 3. The molecule has 1 aliphatic heterocycles. The highest BCUT2D eigenvalue weighted by Crippen LogP contribution is 2.41. The van der Waals surface area contributed by atoms with Crippen molar-refractivity contribution in [3.63, 3.8) is 0 Å². The van der Waals surface area contributed by atoms with E-state index >= 15 is 4.39 Å². The molecule has 1 fully saturated rings. The van der Waals surface area contributed by atoms with Gasteiger partial charge in [0.05, 0.1) is 24.1 Å². The number of carboxylic acids is 1. The number of anilines is 1. The Kier molecular flexibility index (Phi) is 6.46. The number of aromatic nitrogens is 1. The monoisotopic (exact) mass is 500 g/mol. The molecule has 190 valence electrons. The van der Waals surface area contributed by atoms with E-state index in [9.17, 15) is 14.7 Å². The molecule has 2 unspecified atom stereocenters. The fraction of sp³-hybridized carbons (Fsp3) is 0.267. The number of methoxy groups -OCH3 is 1. The van der Waals surface area contributed by atoms with Crippen molar-refractivity contribution in [1.29, 1.82) is 0 Å². The van der Waals surface area contributed by atoms with Crippen LogP contribution in [0, 0.1) is 11.7 Å². The van der Waals surface area contributed by atoms with E-state index in [1.54, 1.807) is 4.57 Å². The first-order chi connectivity index (χ1) is 17.8. The summed E-state index contributed by atoms with van der Waals surface area (Å²) >= 11 is 0. The Morgan fingerprint density at radius 2 is 1.78 bits per heavy atom. The Labute approximate surface area is 214 Å². The molecule has 0 bridgehead atoms. The van der Waals surface area contributed by atoms with Crippen LogP contribution in [0.15, 0.2) is 71.7 Å². The summed E-state index contributed by atoms with van der Waals surface area (Å²) in [5, 5.41) is 9.75. The largest absolute Gasteiger partial charge is 0.492 e. The molecule has 1 N–H and O–H groups in total. The van der Waals surface area contributed by atoms with Gasteiger partial charge in [-0.05, 0) is 42.0 Å². The zero-order valence-corrected chi connectivity index (χ0v) is 21.1. The lowest BCUT2D eigenvalue weighted by molar-refractivity contribution is 0.0694. The van der Waals surface area contributed by atoms with Crippen LogP contribution in [0.5, 0.6) is 5.75 Å². The van der Waals surface area contributed by atoms with Gasteiger partial charge < -0.3 is 19.3 Å². The van der Waals surface area contributed by atoms with Crippen molar-refractivity contribution in [2.24, 2.45) is 5.92 Å². The molecule has 0 amide bonds. The molecule has 5 rings (SSSR count). The van der Waals surface area contributed by atoms with Crippen molar-refractivity contribution in [1.82, 2.24) is 4.57 Å². The second-order valence-electron chi connectivity index (χ2n) is 9.72. The number of ether oxygens (including phenoxy) is 1. The Hall–Kier alpha value is -4.13. The Balaban J connectivity index is 1.71. The van der Waals surface area contributed by atoms with Crippen molar-refractivity contribution in [3.8, 4) is 16.9 Å². The number of hydrogen-bond acceptors (Lipinski definition) is 4. The Morgan fingerprint density at radius 1 is 1.11 bits per heavy atom. The highest BCUT2D eigenvalue weighted by Gasteiger charge is 2.29. The SMILES string of the molecule is COc1c(N2CCC(C)C2)c(F)cc2c(=O)c(C(=O)O)cn(C(C)c3ccc(-c4ccccc4)cc3)c12. The number of rotatable bonds is 6. The minimum Gasteiger partial charge on any atom is -0.492 e. The lowest BCUT2D eigenvalue weighted by Gasteiger charge is -2.26. The first-order valence-corrected chi connectivity index (χ1v) is 12.4. The van der Waals surface area contributed by atoms with Crippen molar-refractivity contribution >= 4 is 22.6 Å². The van der Waals surface area contributed by atoms with E-state index in [2.05, 4.69) is 6.92 Å². The third-order valence-corrected chi connectivity index (χ3v) is 7.29. The Morgan fingerprint density at radius 3 is 2.38 bits per heavy atom. The summed E-state index contributed by atoms with van der Waals surface area (Å²) in [5.74, 6) is -1.31. The fourth-order valence-corrected chi connectivity index (χ4v) is 5.27. The van der Waals surface area contributed by atoms with Crippen LogP contribution in [0.3, 0.4) is 0 Å². The van der Waals surface area contributed by atoms with Crippen LogP contribution in [0.4, 0.5) is 10.1 Å². The molecule has 2 atom stereocenters. The molecule has 3 aromatic carbocycles. The van der Waals surface area contributed by atoms with Gasteiger partial charge in [-0.15, -0.1) is 0 Å². The van der Waals surface area contributed by atoms with E-state index in [1.165, 1.54) is 13.3 Å². The number of fused-ring (bicyclic) bond motifs is 1. The van der Waals surface area contributed by atoms with E-state index in [-0.39, 0.29) is 17.2 Å². The zero-order chi connectivity index (χ0) is 26.3. The zero-order valence-electron chi connectivity index (χ0n) is 21.1. The molecule has 2 heterocycles. The van der Waals surface area contributed by atoms with Crippen molar-refractivity contribution in [2.45, 2.75) is 26.3 Å². The van der Waals surface area contributed by atoms with Gasteiger partial charge in [-0.1, -0.05) is 61.5 Å². The number of halogens is 1. The van der Waals surface area contributed by atoms with Crippen molar-refractivity contribution < 1.29 is 19.0 Å². The topological polar surface area (TPSA) is 71.8 Å². The van der Waals surface area contributed by atoms with Crippen LogP contribution in [-0.4, -0.2) is 35.8 Å². The van der Waals surface area contributed by atoms with E-state index in [1.807, 2.05) is 66.4 Å². The minimum atomic E-state index is -1.36. The molecule has 0 radical (unpaired) electrons. The lowest BCUT2D eigenvalue weighted by Crippen LogP contribution is -2.25. The maximum Gasteiger partial charge on any atom is 0.341 e. The van der Waals surface area contributed by atoms with Gasteiger partial charge in [-0.25, -0.2) is 9.18 Å². The number of carboxylic acid groups (broad SMARTS) is 1. The molecule has 7 heteroatoms. The number of carbonyl (C=O) groups is 1. The van der Waals surface area contributed by atoms with E-state index in [4.69, 9.17) is 4.74 Å². The highest BCUT2D eigenvalue weighted by atomic mass is 19.1. The molecule has 1 aliphatic rings. The molecule has 1 saturated heterocycles. The average Bonchev–Trinajstić information content (AvgIpc) is 3.34. The standard InChI is InChI=1S/C30H29FN2O4/c1-18-13-14-32(16-18)27-25(31)15-23-26(29(27)37-3)33(17-24(28(23)34)30(35)36)19(2)20-9-11-22(12-10-20)21-7-5-4-6-8-21/h4-12,15,17-19H,13-14,16H2,1-3H3,(H,35,36). The van der Waals surface area contributed by atoms with Crippen molar-refractivity contribution in [3.05, 3.63) is 94.0 Å². The molecular formula is C30H29FN2O4. The number of pyridine rings is 1. The predicted molar refractivity (Wildman–Crippen MR) is 143 cm³/mol. The van der Waals surface area contributed by atoms with Gasteiger partial charge in [0.15, 0.2) is 11.6 Å². The normalized spacial score (nSPS) is 16.2. The molecule has 0 aliphatic carbocycles. The third-order valence-electron chi connectivity index (χ3n) is 7.29. The van der Waals surface area contributed by atoms with E-state index < -0.39 is 22.8 Å². The van der Waals surface area contributed by atoms with Gasteiger partial charge >= 0.3 is 5.97 Å². The molecule has 4 aromatic rings. The molecule has 0 spiro atoms. The molecule has 1 aromatic heterocycles. The van der Waals surface area contributed by atoms with Crippen molar-refractivity contribution in [2.75, 3.05) is 25.1 Å². The molecular weight excluding hydrogens is 471 g/mol. The van der Waals surface area contributed by atoms with Crippen LogP contribution >= 0.6 is 0 Å². The van der Waals surface area contributed by atoms with E-state index in [0.717, 1.165) is 29.2 Å². The van der Waals surface area contributed by atoms with Crippen LogP contribution in [0.1, 0.15) is 42.2 Å². The van der Waals surface area contributed by atoms with Crippen LogP contribution < -0.4 is 15.1 Å². The quantitative estimate of drug-likeness (QED) is 0.353. The summed E-state index contributed by atoms with van der Waals surface area (Å²) in [6.07, 6.45) is 2.27. The number of aromatic carboxylic acids is 1. The maximum absolute atomic E-state index is 15.5. The van der Waals surface area contributed by atoms with Gasteiger partial charge in [-0.2, -0.15) is 0 Å². The first kappa shape index (κ1) is 24.6. The summed E-state index contributed by atoms with van der Waals surface area (Å²) in [5.41, 5.74) is 2.59. The highest BCUT2D eigenvalue weighted by molar-refractivity contribution is 5.97. The predicted octanol–water partition coefficient (Wildman–Crippen LogP) is 5.97. The van der Waals surface area contributed by atoms with Gasteiger partial charge in [0.1, 0.15) is 11.3 Å². The summed E-state index contributed by atoms with van der Waals surface area (Å²) in [7, 11) is 1.45. The number of nitrogens with zero attached hydrogens (tertiary/aromatic N) is 2. The van der Waals surface area contributed by atoms with Gasteiger partial charge in [0.2, 0.25) is 5.43 Å². The Bertz CT molecular complexity index is 1530. The molecule has 0 saturated carbocycles. The summed E-state index contributed by atoms with van der Waals surface area (Å²) in [4.78, 5) is 27.1. The molecule has 6 nitrogen and oxygen atoms in total. The average molecular weight is 501 g/mol. The van der Waals surface area contributed by atoms with Crippen LogP contribution in [0.2, 0.25) is 0 Å². The van der Waals surface area contributed by atoms with Gasteiger partial charge in [-0.3, -0.25) is 4.79 Å². The maximum atomic E-state index is 15.5. The third kappa shape index (κ3) is 4.35. The summed E-state index contributed by atoms with van der Waals surface area (Å²) in [6.45, 7) is 5.38. The number of hydrogen-bond donors (Lipinski definition) is 1. The first-order valence-electron chi connectivity index (χ1n) is 12.4. The van der Waals surface area contributed by atoms with Crippen LogP contribution in [-0.2, 0) is 0 Å². The van der Waals surface area contributed by atoms with Crippen LogP contribution in [0.25, 0.3) is 22.0 Å². The summed E-state index contributed by atoms with van der Waals surface area (Å²) < 4.78 is 23.0. The van der Waals surface area contributed by atoms with Gasteiger partial charge in [0.25, 0.3) is 0 Å².